The Morgan fingerprint density at radius 3 is 0.930 bits per heavy atom. The molecule has 4 amide bonds. The number of rotatable bonds is 64. The van der Waals surface area contributed by atoms with Crippen molar-refractivity contribution in [1.82, 2.24) is 66.2 Å². The van der Waals surface area contributed by atoms with Crippen LogP contribution in [0.1, 0.15) is 107 Å². The summed E-state index contributed by atoms with van der Waals surface area (Å²) in [6.45, 7) is 9.44. The van der Waals surface area contributed by atoms with E-state index in [-0.39, 0.29) is 280 Å². The minimum atomic E-state index is -1.30. The summed E-state index contributed by atoms with van der Waals surface area (Å²) in [6.07, 6.45) is -5.82. The third-order valence-corrected chi connectivity index (χ3v) is 18.1. The Bertz CT molecular complexity index is 2860. The number of ether oxygens (including phenoxy) is 17. The zero-order valence-corrected chi connectivity index (χ0v) is 66.1. The molecule has 3 aromatic rings. The van der Waals surface area contributed by atoms with Crippen LogP contribution in [0.4, 0.5) is 0 Å². The molecular weight excluding hydrogens is 1530 g/mol. The molecule has 0 aromatic carbocycles. The Morgan fingerprint density at radius 2 is 0.643 bits per heavy atom. The minimum Gasteiger partial charge on any atom is -0.460 e. The molecule has 0 unspecified atom stereocenters. The zero-order chi connectivity index (χ0) is 82.9. The van der Waals surface area contributed by atoms with Crippen LogP contribution in [0, 0.1) is 0 Å². The first-order chi connectivity index (χ1) is 55.6. The van der Waals surface area contributed by atoms with Crippen LogP contribution in [0.25, 0.3) is 0 Å². The second-order valence-electron chi connectivity index (χ2n) is 28.1. The smallest absolute Gasteiger partial charge is 0.308 e. The Morgan fingerprint density at radius 1 is 0.374 bits per heavy atom. The fraction of sp³-hybridized carbons (Fsp3) is 0.845. The van der Waals surface area contributed by atoms with E-state index in [1.807, 2.05) is 0 Å². The highest BCUT2D eigenvalue weighted by Crippen LogP contribution is 2.29. The van der Waals surface area contributed by atoms with Crippen molar-refractivity contribution in [3.63, 3.8) is 0 Å². The van der Waals surface area contributed by atoms with Crippen molar-refractivity contribution in [2.24, 2.45) is 0 Å². The van der Waals surface area contributed by atoms with Crippen LogP contribution >= 0.6 is 0 Å². The molecule has 44 heteroatoms. The topological polar surface area (TPSA) is 565 Å². The number of aliphatic hydroxyl groups is 9. The number of carbonyl (C=O) groups excluding carboxylic acids is 5. The SMILES string of the molecule is CC(C)(C)OC(=O)CCOCCOCCOCCOCCC(=O)NC(CCC(=O)NCCOCCOCCOCc1cn([C@@H]2CO[C@@H](CO)[C@H](O)[C@@H]2O)nn1)(CCC(=O)NCCOCCOCCOCc1cn([C@H]2CO[C@H](CO)[C@H](O)[C@@H]2O)nn1)CCC(=O)NCCOCCOCCOCc1cn([C@H]2CO[C@H](CO)[C@H](O)[C@@H]2O)nn1. The zero-order valence-electron chi connectivity index (χ0n) is 66.1. The Labute approximate surface area is 667 Å². The Kier molecular flexibility index (Phi) is 47.8. The van der Waals surface area contributed by atoms with E-state index in [1.165, 1.54) is 14.0 Å². The van der Waals surface area contributed by atoms with Gasteiger partial charge in [-0.05, 0) is 40.0 Å². The fourth-order valence-corrected chi connectivity index (χ4v) is 11.8. The largest absolute Gasteiger partial charge is 0.460 e. The van der Waals surface area contributed by atoms with Gasteiger partial charge >= 0.3 is 5.97 Å². The van der Waals surface area contributed by atoms with Gasteiger partial charge in [0, 0.05) is 50.9 Å². The molecule has 3 aliphatic heterocycles. The van der Waals surface area contributed by atoms with Gasteiger partial charge in [0.1, 0.15) is 95.7 Å². The van der Waals surface area contributed by atoms with Gasteiger partial charge in [-0.2, -0.15) is 0 Å². The summed E-state index contributed by atoms with van der Waals surface area (Å²) in [5.74, 6) is -1.95. The van der Waals surface area contributed by atoms with Crippen molar-refractivity contribution in [3.05, 3.63) is 35.7 Å². The lowest BCUT2D eigenvalue weighted by Gasteiger charge is -2.36. The van der Waals surface area contributed by atoms with E-state index in [0.717, 1.165) is 0 Å². The number of aliphatic hydroxyl groups excluding tert-OH is 9. The average Bonchev–Trinajstić information content (AvgIpc) is 1.81. The van der Waals surface area contributed by atoms with E-state index in [9.17, 15) is 69.9 Å². The molecule has 44 nitrogen and oxygen atoms in total. The molecule has 0 radical (unpaired) electrons. The number of amides is 4. The van der Waals surface area contributed by atoms with Crippen LogP contribution in [-0.4, -0.2) is 398 Å². The van der Waals surface area contributed by atoms with Crippen molar-refractivity contribution >= 4 is 29.6 Å². The summed E-state index contributed by atoms with van der Waals surface area (Å²) in [5.41, 5.74) is -0.429. The van der Waals surface area contributed by atoms with Gasteiger partial charge in [-0.15, -0.1) is 15.3 Å². The number of aromatic nitrogens is 9. The summed E-state index contributed by atoms with van der Waals surface area (Å²) < 4.78 is 99.0. The summed E-state index contributed by atoms with van der Waals surface area (Å²) in [4.78, 5) is 66.6. The van der Waals surface area contributed by atoms with Crippen LogP contribution < -0.4 is 21.3 Å². The summed E-state index contributed by atoms with van der Waals surface area (Å²) in [6, 6.07) is -2.12. The highest BCUT2D eigenvalue weighted by Gasteiger charge is 2.43. The maximum Gasteiger partial charge on any atom is 0.308 e. The van der Waals surface area contributed by atoms with Gasteiger partial charge in [0.25, 0.3) is 0 Å². The predicted molar refractivity (Wildman–Crippen MR) is 394 cm³/mol. The third kappa shape index (κ3) is 38.6. The van der Waals surface area contributed by atoms with E-state index >= 15 is 0 Å². The highest BCUT2D eigenvalue weighted by atomic mass is 16.6. The summed E-state index contributed by atoms with van der Waals surface area (Å²) >= 11 is 0. The molecule has 6 rings (SSSR count). The molecule has 3 aromatic heterocycles. The van der Waals surface area contributed by atoms with Crippen molar-refractivity contribution in [2.45, 2.75) is 176 Å². The Balaban J connectivity index is 0.933. The average molecular weight is 1650 g/mol. The standard InChI is InChI=1S/C71H123N13O31/c1-70(2,3)115-63(92)8-16-100-21-26-105-31-30-104-25-20-99-15-7-62(91)75-71(9-4-59(88)72-12-17-101-22-27-106-32-35-109-44-50-38-82(79-76-50)53-47-112-56(41-85)67(96)64(53)93,10-5-60(89)73-13-18-102-23-28-107-33-36-110-45-51-39-83(80-77-51)54-48-113-57(42-86)68(97)65(54)94)11-6-61(90)74-14-19-103-24-29-108-34-37-111-46-52-40-84(81-78-52)55-49-114-58(43-87)69(98)66(55)95/h38-40,53-58,64-69,85-87,93-98H,4-37,41-49H2,1-3H3,(H,72,88)(H,73,89)(H,74,90)(H,75,91)/t53-,54-,55+,56+,57+,58-,64+,65+,66+,67-,68-,69-/m0/s1. The van der Waals surface area contributed by atoms with Crippen molar-refractivity contribution < 1.29 is 150 Å². The monoisotopic (exact) mass is 1650 g/mol. The van der Waals surface area contributed by atoms with Gasteiger partial charge in [-0.25, -0.2) is 14.0 Å². The first-order valence-corrected chi connectivity index (χ1v) is 38.9. The van der Waals surface area contributed by atoms with Gasteiger partial charge in [0.05, 0.1) is 236 Å². The molecule has 13 N–H and O–H groups in total. The van der Waals surface area contributed by atoms with E-state index in [4.69, 9.17) is 80.5 Å². The van der Waals surface area contributed by atoms with Gasteiger partial charge in [0.2, 0.25) is 23.6 Å². The van der Waals surface area contributed by atoms with Crippen LogP contribution in [0.15, 0.2) is 18.6 Å². The van der Waals surface area contributed by atoms with Crippen LogP contribution in [0.5, 0.6) is 0 Å². The predicted octanol–water partition coefficient (Wildman–Crippen LogP) is -5.79. The van der Waals surface area contributed by atoms with E-state index < -0.39 is 110 Å². The van der Waals surface area contributed by atoms with Crippen molar-refractivity contribution in [3.8, 4) is 0 Å². The number of nitrogens with zero attached hydrogens (tertiary/aromatic N) is 9. The molecular formula is C71H123N13O31. The molecule has 0 spiro atoms. The van der Waals surface area contributed by atoms with Gasteiger partial charge < -0.3 is 148 Å². The second kappa shape index (κ2) is 56.3. The highest BCUT2D eigenvalue weighted by molar-refractivity contribution is 5.80. The number of hydrogen-bond donors (Lipinski definition) is 13. The molecule has 6 heterocycles. The third-order valence-electron chi connectivity index (χ3n) is 18.1. The van der Waals surface area contributed by atoms with Crippen LogP contribution in [-0.2, 0) is 124 Å². The van der Waals surface area contributed by atoms with Gasteiger partial charge in [0.15, 0.2) is 0 Å². The summed E-state index contributed by atoms with van der Waals surface area (Å²) in [7, 11) is 0. The normalized spacial score (nSPS) is 22.0. The quantitative estimate of drug-likeness (QED) is 0.0185. The minimum absolute atomic E-state index is 0.00864. The van der Waals surface area contributed by atoms with E-state index in [0.29, 0.717) is 23.7 Å². The van der Waals surface area contributed by atoms with E-state index in [1.54, 1.807) is 39.4 Å². The molecule has 3 fully saturated rings. The van der Waals surface area contributed by atoms with Crippen LogP contribution in [0.2, 0.25) is 0 Å². The number of carbonyl (C=O) groups is 5. The lowest BCUT2D eigenvalue weighted by molar-refractivity contribution is -0.171. The number of nitrogens with one attached hydrogen (secondary N) is 4. The van der Waals surface area contributed by atoms with Crippen LogP contribution in [0.3, 0.4) is 0 Å². The summed E-state index contributed by atoms with van der Waals surface area (Å²) in [5, 5.41) is 126. The molecule has 12 atom stereocenters. The van der Waals surface area contributed by atoms with Gasteiger partial charge in [-0.1, -0.05) is 15.6 Å². The molecule has 0 bridgehead atoms. The molecule has 3 saturated heterocycles. The Hall–Kier alpha value is -6.23. The van der Waals surface area contributed by atoms with E-state index in [2.05, 4.69) is 52.2 Å². The molecule has 3 aliphatic rings. The molecule has 115 heavy (non-hydrogen) atoms. The van der Waals surface area contributed by atoms with Crippen molar-refractivity contribution in [2.75, 3.05) is 211 Å². The fourth-order valence-electron chi connectivity index (χ4n) is 11.8. The number of hydrogen-bond acceptors (Lipinski definition) is 37. The first kappa shape index (κ1) is 97.6. The van der Waals surface area contributed by atoms with Crippen molar-refractivity contribution in [1.29, 1.82) is 0 Å². The lowest BCUT2D eigenvalue weighted by Crippen LogP contribution is -2.52. The molecule has 0 saturated carbocycles. The lowest BCUT2D eigenvalue weighted by atomic mass is 9.83. The maximum absolute atomic E-state index is 14.0. The molecule has 658 valence electrons. The first-order valence-electron chi connectivity index (χ1n) is 38.9. The molecule has 0 aliphatic carbocycles. The number of esters is 1. The second-order valence-corrected chi connectivity index (χ2v) is 28.1. The van der Waals surface area contributed by atoms with Gasteiger partial charge in [-0.3, -0.25) is 24.0 Å². The maximum atomic E-state index is 14.0.